The zero-order valence-corrected chi connectivity index (χ0v) is 13.4. The highest BCUT2D eigenvalue weighted by Gasteiger charge is 2.10. The Morgan fingerprint density at radius 3 is 2.48 bits per heavy atom. The molecular weight excluding hydrogens is 336 g/mol. The molecule has 0 amide bonds. The van der Waals surface area contributed by atoms with Gasteiger partial charge in [-0.2, -0.15) is 8.42 Å². The summed E-state index contributed by atoms with van der Waals surface area (Å²) in [7, 11) is -4.26. The first-order valence-corrected chi connectivity index (χ1v) is 8.81. The first kappa shape index (κ1) is 15.5. The Balaban J connectivity index is 2.13. The molecule has 0 aliphatic rings. The maximum absolute atomic E-state index is 12.5. The van der Waals surface area contributed by atoms with Gasteiger partial charge in [-0.05, 0) is 41.8 Å². The summed E-state index contributed by atoms with van der Waals surface area (Å²) in [5, 5.41) is 5.66. The zero-order valence-electron chi connectivity index (χ0n) is 11.8. The molecule has 1 aromatic carbocycles. The third kappa shape index (κ3) is 3.04. The summed E-state index contributed by atoms with van der Waals surface area (Å²) < 4.78 is 32.4. The first-order valence-electron chi connectivity index (χ1n) is 6.49. The summed E-state index contributed by atoms with van der Waals surface area (Å²) in [5.74, 6) is 0. The Morgan fingerprint density at radius 2 is 1.91 bits per heavy atom. The summed E-state index contributed by atoms with van der Waals surface area (Å²) in [6, 6.07) is 9.08. The van der Waals surface area contributed by atoms with E-state index >= 15 is 0 Å². The topological polar surface area (TPSA) is 92.2 Å². The van der Waals surface area contributed by atoms with Gasteiger partial charge in [0.1, 0.15) is 0 Å². The Labute approximate surface area is 135 Å². The minimum absolute atomic E-state index is 0.235. The van der Waals surface area contributed by atoms with Gasteiger partial charge in [0.2, 0.25) is 0 Å². The first-order chi connectivity index (χ1) is 10.9. The van der Waals surface area contributed by atoms with Gasteiger partial charge in [0.15, 0.2) is 0 Å². The van der Waals surface area contributed by atoms with Gasteiger partial charge in [0.05, 0.1) is 21.2 Å². The fourth-order valence-electron chi connectivity index (χ4n) is 2.11. The molecule has 3 rings (SSSR count). The fraction of sp³-hybridized carbons (Fsp3) is 0. The van der Waals surface area contributed by atoms with Gasteiger partial charge < -0.3 is 0 Å². The number of H-pyrrole nitrogens is 1. The maximum Gasteiger partial charge on any atom is 0.294 e. The molecule has 23 heavy (non-hydrogen) atoms. The number of rotatable bonds is 3. The van der Waals surface area contributed by atoms with Gasteiger partial charge in [-0.1, -0.05) is 12.6 Å². The molecular formula is C15H12N2O4S2. The zero-order chi connectivity index (χ0) is 16.6. The summed E-state index contributed by atoms with van der Waals surface area (Å²) in [6.45, 7) is 3.83. The van der Waals surface area contributed by atoms with Crippen molar-refractivity contribution in [1.82, 2.24) is 9.78 Å². The average Bonchev–Trinajstić information content (AvgIpc) is 3.10. The van der Waals surface area contributed by atoms with E-state index in [1.165, 1.54) is 40.3 Å². The number of nitrogens with zero attached hydrogens (tertiary/aromatic N) is 1. The van der Waals surface area contributed by atoms with E-state index in [1.54, 1.807) is 6.08 Å². The van der Waals surface area contributed by atoms with Crippen LogP contribution in [0.2, 0.25) is 0 Å². The third-order valence-corrected chi connectivity index (χ3v) is 4.92. The second kappa shape index (κ2) is 5.65. The quantitative estimate of drug-likeness (QED) is 0.682. The summed E-state index contributed by atoms with van der Waals surface area (Å²) in [4.78, 5) is 13.2. The van der Waals surface area contributed by atoms with Crippen LogP contribution in [0, 0.1) is 0 Å². The van der Waals surface area contributed by atoms with Crippen LogP contribution < -0.4 is 16.1 Å². The van der Waals surface area contributed by atoms with Gasteiger partial charge in [0.25, 0.3) is 15.7 Å². The summed E-state index contributed by atoms with van der Waals surface area (Å²) >= 11 is 1.51. The molecule has 8 heteroatoms. The lowest BCUT2D eigenvalue weighted by atomic mass is 10.3. The number of benzene rings is 1. The van der Waals surface area contributed by atoms with Gasteiger partial charge in [-0.15, -0.1) is 11.3 Å². The van der Waals surface area contributed by atoms with E-state index in [0.717, 1.165) is 4.88 Å². The standard InChI is InChI=1S/C15H12N2O4S2/c1-10-14(9-12-3-2-8-22-12)15(18)17(16-10)11-4-6-13(7-5-11)23(19,20)21/h2-9,16H,1H2,(H,19,20,21). The molecule has 0 aliphatic carbocycles. The summed E-state index contributed by atoms with van der Waals surface area (Å²) in [5.41, 5.74) is 0.154. The van der Waals surface area contributed by atoms with E-state index in [2.05, 4.69) is 11.7 Å². The number of aromatic amines is 1. The summed E-state index contributed by atoms with van der Waals surface area (Å²) in [6.07, 6.45) is 1.74. The molecule has 0 atom stereocenters. The number of nitrogens with one attached hydrogen (secondary N) is 1. The molecule has 0 radical (unpaired) electrons. The lowest BCUT2D eigenvalue weighted by Gasteiger charge is -2.02. The number of thiophene rings is 1. The highest BCUT2D eigenvalue weighted by atomic mass is 32.2. The highest BCUT2D eigenvalue weighted by Crippen LogP contribution is 2.11. The fourth-order valence-corrected chi connectivity index (χ4v) is 3.25. The Hall–Kier alpha value is -2.42. The minimum Gasteiger partial charge on any atom is -0.291 e. The van der Waals surface area contributed by atoms with Crippen LogP contribution in [0.3, 0.4) is 0 Å². The smallest absolute Gasteiger partial charge is 0.291 e. The van der Waals surface area contributed by atoms with Crippen molar-refractivity contribution >= 4 is 34.1 Å². The third-order valence-electron chi connectivity index (χ3n) is 3.23. The van der Waals surface area contributed by atoms with Crippen LogP contribution in [0.25, 0.3) is 18.3 Å². The normalized spacial score (nSPS) is 12.7. The highest BCUT2D eigenvalue weighted by molar-refractivity contribution is 7.85. The molecule has 0 saturated heterocycles. The van der Waals surface area contributed by atoms with Crippen molar-refractivity contribution in [1.29, 1.82) is 0 Å². The molecule has 0 aliphatic heterocycles. The molecule has 2 heterocycles. The van der Waals surface area contributed by atoms with Crippen molar-refractivity contribution in [3.63, 3.8) is 0 Å². The molecule has 0 bridgehead atoms. The van der Waals surface area contributed by atoms with Gasteiger partial charge in [0, 0.05) is 4.88 Å². The van der Waals surface area contributed by atoms with Crippen molar-refractivity contribution < 1.29 is 13.0 Å². The predicted molar refractivity (Wildman–Crippen MR) is 88.9 cm³/mol. The minimum atomic E-state index is -4.26. The lowest BCUT2D eigenvalue weighted by molar-refractivity contribution is 0.483. The molecule has 2 aromatic heterocycles. The second-order valence-electron chi connectivity index (χ2n) is 4.77. The van der Waals surface area contributed by atoms with Crippen LogP contribution in [-0.4, -0.2) is 22.8 Å². The van der Waals surface area contributed by atoms with Crippen molar-refractivity contribution in [3.8, 4) is 5.69 Å². The van der Waals surface area contributed by atoms with E-state index in [-0.39, 0.29) is 10.5 Å². The molecule has 0 unspecified atom stereocenters. The van der Waals surface area contributed by atoms with Gasteiger partial charge >= 0.3 is 0 Å². The van der Waals surface area contributed by atoms with Crippen LogP contribution in [0.1, 0.15) is 4.88 Å². The average molecular weight is 348 g/mol. The lowest BCUT2D eigenvalue weighted by Crippen LogP contribution is -2.33. The number of hydrogen-bond acceptors (Lipinski definition) is 4. The molecule has 0 saturated carbocycles. The van der Waals surface area contributed by atoms with E-state index in [4.69, 9.17) is 4.55 Å². The molecule has 3 aromatic rings. The van der Waals surface area contributed by atoms with Crippen molar-refractivity contribution in [2.24, 2.45) is 0 Å². The van der Waals surface area contributed by atoms with Gasteiger partial charge in [-0.25, -0.2) is 4.68 Å². The largest absolute Gasteiger partial charge is 0.294 e. The molecule has 0 spiro atoms. The SMILES string of the molecule is C=c1[nH]n(-c2ccc(S(=O)(=O)O)cc2)c(=O)c1=Cc1cccs1. The number of hydrogen-bond donors (Lipinski definition) is 2. The molecule has 2 N–H and O–H groups in total. The monoisotopic (exact) mass is 348 g/mol. The van der Waals surface area contributed by atoms with E-state index in [0.29, 0.717) is 16.3 Å². The predicted octanol–water partition coefficient (Wildman–Crippen LogP) is 0.713. The van der Waals surface area contributed by atoms with Crippen LogP contribution in [0.5, 0.6) is 0 Å². The van der Waals surface area contributed by atoms with Crippen LogP contribution in [0.15, 0.2) is 51.5 Å². The number of aromatic nitrogens is 2. The maximum atomic E-state index is 12.5. The van der Waals surface area contributed by atoms with Crippen molar-refractivity contribution in [3.05, 3.63) is 67.6 Å². The van der Waals surface area contributed by atoms with E-state index in [1.807, 2.05) is 17.5 Å². The van der Waals surface area contributed by atoms with Crippen LogP contribution in [0.4, 0.5) is 0 Å². The molecule has 6 nitrogen and oxygen atoms in total. The second-order valence-corrected chi connectivity index (χ2v) is 7.17. The van der Waals surface area contributed by atoms with Crippen LogP contribution >= 0.6 is 11.3 Å². The van der Waals surface area contributed by atoms with E-state index in [9.17, 15) is 13.2 Å². The van der Waals surface area contributed by atoms with E-state index < -0.39 is 10.1 Å². The molecule has 0 fully saturated rings. The van der Waals surface area contributed by atoms with Crippen molar-refractivity contribution in [2.45, 2.75) is 4.90 Å². The van der Waals surface area contributed by atoms with Crippen LogP contribution in [-0.2, 0) is 10.1 Å². The Bertz CT molecular complexity index is 1110. The molecule has 118 valence electrons. The Kier molecular flexibility index (Phi) is 3.80. The Morgan fingerprint density at radius 1 is 1.22 bits per heavy atom. The van der Waals surface area contributed by atoms with Gasteiger partial charge in [-0.3, -0.25) is 14.4 Å². The van der Waals surface area contributed by atoms with Crippen molar-refractivity contribution in [2.75, 3.05) is 0 Å².